The van der Waals surface area contributed by atoms with Crippen LogP contribution in [-0.2, 0) is 0 Å². The van der Waals surface area contributed by atoms with Crippen LogP contribution in [0.2, 0.25) is 0 Å². The minimum atomic E-state index is -0.0110. The van der Waals surface area contributed by atoms with Gasteiger partial charge in [-0.2, -0.15) is 0 Å². The van der Waals surface area contributed by atoms with Gasteiger partial charge in [-0.1, -0.05) is 6.07 Å². The molecule has 0 atom stereocenters. The Morgan fingerprint density at radius 2 is 2.05 bits per heavy atom. The molecular formula is C16H17N3OS2. The third kappa shape index (κ3) is 2.48. The van der Waals surface area contributed by atoms with Crippen molar-refractivity contribution in [2.24, 2.45) is 0 Å². The highest BCUT2D eigenvalue weighted by molar-refractivity contribution is 7.21. The number of amides is 1. The summed E-state index contributed by atoms with van der Waals surface area (Å²) < 4.78 is 0. The van der Waals surface area contributed by atoms with Crippen molar-refractivity contribution >= 4 is 44.5 Å². The predicted molar refractivity (Wildman–Crippen MR) is 94.6 cm³/mol. The van der Waals surface area contributed by atoms with Gasteiger partial charge in [0.2, 0.25) is 0 Å². The van der Waals surface area contributed by atoms with Gasteiger partial charge in [0, 0.05) is 18.5 Å². The predicted octanol–water partition coefficient (Wildman–Crippen LogP) is 4.09. The number of fused-ring (bicyclic) bond motifs is 1. The molecule has 3 aromatic heterocycles. The van der Waals surface area contributed by atoms with Crippen molar-refractivity contribution in [3.8, 4) is 10.6 Å². The summed E-state index contributed by atoms with van der Waals surface area (Å²) in [5.41, 5.74) is 7.65. The second kappa shape index (κ2) is 6.06. The largest absolute Gasteiger partial charge is 0.397 e. The molecule has 0 radical (unpaired) electrons. The maximum Gasteiger partial charge on any atom is 0.266 e. The van der Waals surface area contributed by atoms with Crippen LogP contribution in [-0.4, -0.2) is 28.9 Å². The number of nitrogens with two attached hydrogens (primary N) is 1. The van der Waals surface area contributed by atoms with E-state index in [4.69, 9.17) is 5.73 Å². The summed E-state index contributed by atoms with van der Waals surface area (Å²) in [6, 6.07) is 7.97. The second-order valence-corrected chi connectivity index (χ2v) is 6.80. The van der Waals surface area contributed by atoms with E-state index in [1.54, 1.807) is 16.2 Å². The second-order valence-electron chi connectivity index (χ2n) is 4.85. The molecule has 3 aromatic rings. The molecule has 0 spiro atoms. The van der Waals surface area contributed by atoms with Crippen LogP contribution >= 0.6 is 22.7 Å². The summed E-state index contributed by atoms with van der Waals surface area (Å²) in [6.45, 7) is 5.30. The van der Waals surface area contributed by atoms with Crippen molar-refractivity contribution in [3.63, 3.8) is 0 Å². The maximum atomic E-state index is 12.5. The summed E-state index contributed by atoms with van der Waals surface area (Å²) in [4.78, 5) is 21.5. The molecule has 0 aliphatic rings. The number of carbonyl (C=O) groups is 1. The number of hydrogen-bond acceptors (Lipinski definition) is 5. The highest BCUT2D eigenvalue weighted by Gasteiger charge is 2.21. The van der Waals surface area contributed by atoms with Gasteiger partial charge >= 0.3 is 0 Å². The Bertz CT molecular complexity index is 804. The number of anilines is 1. The van der Waals surface area contributed by atoms with Crippen molar-refractivity contribution in [2.75, 3.05) is 18.8 Å². The van der Waals surface area contributed by atoms with Gasteiger partial charge in [0.05, 0.1) is 16.3 Å². The van der Waals surface area contributed by atoms with E-state index in [9.17, 15) is 4.79 Å². The fraction of sp³-hybridized carbons (Fsp3) is 0.250. The third-order valence-electron chi connectivity index (χ3n) is 3.61. The normalized spacial score (nSPS) is 11.0. The van der Waals surface area contributed by atoms with E-state index in [1.807, 2.05) is 43.5 Å². The van der Waals surface area contributed by atoms with Gasteiger partial charge in [0.1, 0.15) is 9.71 Å². The van der Waals surface area contributed by atoms with Crippen molar-refractivity contribution in [1.29, 1.82) is 0 Å². The first-order valence-corrected chi connectivity index (χ1v) is 8.87. The summed E-state index contributed by atoms with van der Waals surface area (Å²) in [6.07, 6.45) is 0. The molecule has 0 saturated heterocycles. The van der Waals surface area contributed by atoms with E-state index in [2.05, 4.69) is 4.98 Å². The Balaban J connectivity index is 2.07. The summed E-state index contributed by atoms with van der Waals surface area (Å²) in [7, 11) is 0. The van der Waals surface area contributed by atoms with Gasteiger partial charge in [0.15, 0.2) is 0 Å². The van der Waals surface area contributed by atoms with E-state index in [0.717, 1.165) is 20.8 Å². The van der Waals surface area contributed by atoms with Crippen molar-refractivity contribution < 1.29 is 4.79 Å². The molecule has 0 aliphatic heterocycles. The number of nitrogens with zero attached hydrogens (tertiary/aromatic N) is 2. The van der Waals surface area contributed by atoms with Gasteiger partial charge in [-0.25, -0.2) is 4.98 Å². The summed E-state index contributed by atoms with van der Waals surface area (Å²) in [5.74, 6) is -0.0110. The van der Waals surface area contributed by atoms with Gasteiger partial charge in [-0.05, 0) is 37.4 Å². The SMILES string of the molecule is CCN(CC)C(=O)c1sc2nc(-c3cccs3)ccc2c1N. The topological polar surface area (TPSA) is 59.2 Å². The molecule has 22 heavy (non-hydrogen) atoms. The van der Waals surface area contributed by atoms with Gasteiger partial charge in [-0.15, -0.1) is 22.7 Å². The van der Waals surface area contributed by atoms with E-state index < -0.39 is 0 Å². The van der Waals surface area contributed by atoms with E-state index >= 15 is 0 Å². The molecule has 3 heterocycles. The molecule has 0 fully saturated rings. The first-order valence-electron chi connectivity index (χ1n) is 7.17. The number of pyridine rings is 1. The first-order chi connectivity index (χ1) is 10.7. The molecule has 0 saturated carbocycles. The lowest BCUT2D eigenvalue weighted by atomic mass is 10.2. The number of carbonyl (C=O) groups excluding carboxylic acids is 1. The molecule has 0 aliphatic carbocycles. The monoisotopic (exact) mass is 331 g/mol. The molecule has 6 heteroatoms. The lowest BCUT2D eigenvalue weighted by molar-refractivity contribution is 0.0779. The van der Waals surface area contributed by atoms with Crippen LogP contribution in [0.15, 0.2) is 29.6 Å². The minimum Gasteiger partial charge on any atom is -0.397 e. The Kier molecular flexibility index (Phi) is 4.13. The number of rotatable bonds is 4. The molecule has 114 valence electrons. The number of aromatic nitrogens is 1. The average molecular weight is 331 g/mol. The minimum absolute atomic E-state index is 0.0110. The van der Waals surface area contributed by atoms with Crippen LogP contribution in [0.25, 0.3) is 20.8 Å². The zero-order valence-corrected chi connectivity index (χ0v) is 14.1. The van der Waals surface area contributed by atoms with Crippen LogP contribution < -0.4 is 5.73 Å². The van der Waals surface area contributed by atoms with Gasteiger partial charge in [0.25, 0.3) is 5.91 Å². The molecule has 2 N–H and O–H groups in total. The quantitative estimate of drug-likeness (QED) is 0.783. The Labute approximate surface area is 137 Å². The van der Waals surface area contributed by atoms with E-state index in [0.29, 0.717) is 23.7 Å². The van der Waals surface area contributed by atoms with Crippen LogP contribution in [0, 0.1) is 0 Å². The molecule has 0 bridgehead atoms. The fourth-order valence-electron chi connectivity index (χ4n) is 2.37. The lowest BCUT2D eigenvalue weighted by Gasteiger charge is -2.17. The van der Waals surface area contributed by atoms with E-state index in [1.165, 1.54) is 11.3 Å². The standard InChI is InChI=1S/C16H17N3OS2/c1-3-19(4-2)16(20)14-13(17)10-7-8-11(18-15(10)22-14)12-6-5-9-21-12/h5-9H,3-4,17H2,1-2H3. The number of hydrogen-bond donors (Lipinski definition) is 1. The van der Waals surface area contributed by atoms with Crippen molar-refractivity contribution in [1.82, 2.24) is 9.88 Å². The number of nitrogen functional groups attached to an aromatic ring is 1. The van der Waals surface area contributed by atoms with Crippen LogP contribution in [0.5, 0.6) is 0 Å². The molecule has 0 unspecified atom stereocenters. The summed E-state index contributed by atoms with van der Waals surface area (Å²) in [5, 5.41) is 2.89. The fourth-order valence-corrected chi connectivity index (χ4v) is 4.13. The molecule has 0 aromatic carbocycles. The number of thiophene rings is 2. The highest BCUT2D eigenvalue weighted by atomic mass is 32.1. The highest BCUT2D eigenvalue weighted by Crippen LogP contribution is 2.35. The Hall–Kier alpha value is -1.92. The zero-order chi connectivity index (χ0) is 15.7. The van der Waals surface area contributed by atoms with Crippen LogP contribution in [0.1, 0.15) is 23.5 Å². The average Bonchev–Trinajstić information content (AvgIpc) is 3.16. The maximum absolute atomic E-state index is 12.5. The molecule has 1 amide bonds. The first kappa shape index (κ1) is 15.0. The lowest BCUT2D eigenvalue weighted by Crippen LogP contribution is -2.30. The third-order valence-corrected chi connectivity index (χ3v) is 5.61. The molecule has 3 rings (SSSR count). The van der Waals surface area contributed by atoms with Gasteiger partial charge in [-0.3, -0.25) is 4.79 Å². The van der Waals surface area contributed by atoms with Crippen LogP contribution in [0.3, 0.4) is 0 Å². The van der Waals surface area contributed by atoms with Crippen molar-refractivity contribution in [2.45, 2.75) is 13.8 Å². The Morgan fingerprint density at radius 1 is 1.27 bits per heavy atom. The smallest absolute Gasteiger partial charge is 0.266 e. The molecule has 4 nitrogen and oxygen atoms in total. The Morgan fingerprint density at radius 3 is 2.68 bits per heavy atom. The van der Waals surface area contributed by atoms with Crippen molar-refractivity contribution in [3.05, 3.63) is 34.5 Å². The van der Waals surface area contributed by atoms with Crippen LogP contribution in [0.4, 0.5) is 5.69 Å². The van der Waals surface area contributed by atoms with Gasteiger partial charge < -0.3 is 10.6 Å². The summed E-state index contributed by atoms with van der Waals surface area (Å²) >= 11 is 3.03. The molecular weight excluding hydrogens is 314 g/mol. The zero-order valence-electron chi connectivity index (χ0n) is 12.5. The van der Waals surface area contributed by atoms with E-state index in [-0.39, 0.29) is 5.91 Å².